The van der Waals surface area contributed by atoms with Gasteiger partial charge in [0.15, 0.2) is 5.11 Å². The molecule has 1 aliphatic heterocycles. The number of halogens is 1. The average Bonchev–Trinajstić information content (AvgIpc) is 2.32. The Kier molecular flexibility index (Phi) is 4.18. The SMILES string of the molecule is CC1CCCCN1C(=S)Nc1ccc(Cl)cn1. The molecule has 92 valence electrons. The second-order valence-corrected chi connectivity index (χ2v) is 5.15. The molecule has 0 aromatic carbocycles. The molecule has 1 fully saturated rings. The van der Waals surface area contributed by atoms with Crippen molar-refractivity contribution in [3.63, 3.8) is 0 Å². The van der Waals surface area contributed by atoms with E-state index >= 15 is 0 Å². The number of thiocarbonyl (C=S) groups is 1. The zero-order valence-electron chi connectivity index (χ0n) is 9.82. The van der Waals surface area contributed by atoms with Gasteiger partial charge >= 0.3 is 0 Å². The van der Waals surface area contributed by atoms with Crippen molar-refractivity contribution >= 4 is 34.7 Å². The molecule has 2 heterocycles. The van der Waals surface area contributed by atoms with Gasteiger partial charge in [-0.1, -0.05) is 11.6 Å². The topological polar surface area (TPSA) is 28.2 Å². The van der Waals surface area contributed by atoms with Crippen molar-refractivity contribution in [1.82, 2.24) is 9.88 Å². The van der Waals surface area contributed by atoms with Crippen molar-refractivity contribution in [2.24, 2.45) is 0 Å². The van der Waals surface area contributed by atoms with Gasteiger partial charge in [-0.3, -0.25) is 0 Å². The molecular formula is C12H16ClN3S. The summed E-state index contributed by atoms with van der Waals surface area (Å²) in [7, 11) is 0. The molecule has 0 aliphatic carbocycles. The monoisotopic (exact) mass is 269 g/mol. The number of likely N-dealkylation sites (tertiary alicyclic amines) is 1. The molecule has 1 aromatic heterocycles. The lowest BCUT2D eigenvalue weighted by atomic mass is 10.0. The second-order valence-electron chi connectivity index (χ2n) is 4.33. The first-order chi connectivity index (χ1) is 8.16. The zero-order valence-corrected chi connectivity index (χ0v) is 11.4. The molecule has 1 aliphatic rings. The van der Waals surface area contributed by atoms with Crippen molar-refractivity contribution in [1.29, 1.82) is 0 Å². The zero-order chi connectivity index (χ0) is 12.3. The molecule has 1 saturated heterocycles. The summed E-state index contributed by atoms with van der Waals surface area (Å²) >= 11 is 11.2. The third kappa shape index (κ3) is 3.30. The minimum absolute atomic E-state index is 0.510. The van der Waals surface area contributed by atoms with Gasteiger partial charge < -0.3 is 10.2 Å². The van der Waals surface area contributed by atoms with Gasteiger partial charge in [-0.15, -0.1) is 0 Å². The van der Waals surface area contributed by atoms with Crippen LogP contribution in [-0.2, 0) is 0 Å². The molecule has 1 atom stereocenters. The minimum Gasteiger partial charge on any atom is -0.346 e. The van der Waals surface area contributed by atoms with Crippen LogP contribution in [0.25, 0.3) is 0 Å². The molecule has 17 heavy (non-hydrogen) atoms. The molecule has 1 aromatic rings. The fourth-order valence-corrected chi connectivity index (χ4v) is 2.52. The summed E-state index contributed by atoms with van der Waals surface area (Å²) in [5, 5.41) is 4.55. The fourth-order valence-electron chi connectivity index (χ4n) is 2.03. The van der Waals surface area contributed by atoms with E-state index in [-0.39, 0.29) is 0 Å². The Hall–Kier alpha value is -0.870. The van der Waals surface area contributed by atoms with Gasteiger partial charge in [0, 0.05) is 18.8 Å². The quantitative estimate of drug-likeness (QED) is 0.792. The third-order valence-corrected chi connectivity index (χ3v) is 3.59. The highest BCUT2D eigenvalue weighted by atomic mass is 35.5. The van der Waals surface area contributed by atoms with Gasteiger partial charge in [-0.25, -0.2) is 4.98 Å². The smallest absolute Gasteiger partial charge is 0.174 e. The standard InChI is InChI=1S/C12H16ClN3S/c1-9-4-2-3-7-16(9)12(17)15-11-6-5-10(13)8-14-11/h5-6,8-9H,2-4,7H2,1H3,(H,14,15,17). The van der Waals surface area contributed by atoms with Gasteiger partial charge in [-0.05, 0) is 50.5 Å². The average molecular weight is 270 g/mol. The number of piperidine rings is 1. The van der Waals surface area contributed by atoms with E-state index in [4.69, 9.17) is 23.8 Å². The highest BCUT2D eigenvalue weighted by molar-refractivity contribution is 7.80. The highest BCUT2D eigenvalue weighted by Crippen LogP contribution is 2.18. The summed E-state index contributed by atoms with van der Waals surface area (Å²) < 4.78 is 0. The molecule has 1 N–H and O–H groups in total. The van der Waals surface area contributed by atoms with E-state index in [2.05, 4.69) is 22.1 Å². The van der Waals surface area contributed by atoms with Crippen LogP contribution >= 0.6 is 23.8 Å². The van der Waals surface area contributed by atoms with Crippen LogP contribution in [0, 0.1) is 0 Å². The number of pyridine rings is 1. The molecule has 0 saturated carbocycles. The van der Waals surface area contributed by atoms with E-state index < -0.39 is 0 Å². The van der Waals surface area contributed by atoms with Crippen LogP contribution in [0.5, 0.6) is 0 Å². The maximum atomic E-state index is 5.79. The van der Waals surface area contributed by atoms with Gasteiger partial charge in [0.25, 0.3) is 0 Å². The Labute approximate surface area is 112 Å². The van der Waals surface area contributed by atoms with Gasteiger partial charge in [0.2, 0.25) is 0 Å². The number of aromatic nitrogens is 1. The molecule has 1 unspecified atom stereocenters. The van der Waals surface area contributed by atoms with Crippen LogP contribution in [-0.4, -0.2) is 27.6 Å². The maximum Gasteiger partial charge on any atom is 0.174 e. The van der Waals surface area contributed by atoms with Gasteiger partial charge in [0.1, 0.15) is 5.82 Å². The van der Waals surface area contributed by atoms with E-state index in [1.165, 1.54) is 19.3 Å². The van der Waals surface area contributed by atoms with E-state index in [0.717, 1.165) is 17.5 Å². The van der Waals surface area contributed by atoms with Crippen LogP contribution < -0.4 is 5.32 Å². The largest absolute Gasteiger partial charge is 0.346 e. The third-order valence-electron chi connectivity index (χ3n) is 3.03. The van der Waals surface area contributed by atoms with Crippen LogP contribution in [0.3, 0.4) is 0 Å². The van der Waals surface area contributed by atoms with Crippen LogP contribution in [0.1, 0.15) is 26.2 Å². The molecule has 2 rings (SSSR count). The Bertz CT molecular complexity index is 393. The number of hydrogen-bond donors (Lipinski definition) is 1. The summed E-state index contributed by atoms with van der Waals surface area (Å²) in [5.41, 5.74) is 0. The van der Waals surface area contributed by atoms with Crippen molar-refractivity contribution in [2.45, 2.75) is 32.2 Å². The van der Waals surface area contributed by atoms with Crippen molar-refractivity contribution in [3.05, 3.63) is 23.4 Å². The Balaban J connectivity index is 1.98. The Morgan fingerprint density at radius 2 is 2.35 bits per heavy atom. The number of anilines is 1. The minimum atomic E-state index is 0.510. The van der Waals surface area contributed by atoms with Gasteiger partial charge in [-0.2, -0.15) is 0 Å². The second kappa shape index (κ2) is 5.65. The van der Waals surface area contributed by atoms with Gasteiger partial charge in [0.05, 0.1) is 5.02 Å². The van der Waals surface area contributed by atoms with E-state index in [9.17, 15) is 0 Å². The molecule has 0 amide bonds. The van der Waals surface area contributed by atoms with Crippen LogP contribution in [0.15, 0.2) is 18.3 Å². The van der Waals surface area contributed by atoms with Crippen LogP contribution in [0.2, 0.25) is 5.02 Å². The predicted octanol–water partition coefficient (Wildman–Crippen LogP) is 3.31. The first kappa shape index (κ1) is 12.6. The number of nitrogens with zero attached hydrogens (tertiary/aromatic N) is 2. The van der Waals surface area contributed by atoms with Crippen molar-refractivity contribution in [2.75, 3.05) is 11.9 Å². The molecule has 5 heteroatoms. The summed E-state index contributed by atoms with van der Waals surface area (Å²) in [4.78, 5) is 6.41. The lowest BCUT2D eigenvalue weighted by Crippen LogP contribution is -2.44. The van der Waals surface area contributed by atoms with Crippen molar-refractivity contribution in [3.8, 4) is 0 Å². The van der Waals surface area contributed by atoms with Crippen molar-refractivity contribution < 1.29 is 0 Å². The number of rotatable bonds is 1. The first-order valence-electron chi connectivity index (χ1n) is 5.86. The Morgan fingerprint density at radius 3 is 3.00 bits per heavy atom. The maximum absolute atomic E-state index is 5.79. The fraction of sp³-hybridized carbons (Fsp3) is 0.500. The first-order valence-corrected chi connectivity index (χ1v) is 6.64. The van der Waals surface area contributed by atoms with Crippen LogP contribution in [0.4, 0.5) is 5.82 Å². The molecule has 0 spiro atoms. The molecule has 3 nitrogen and oxygen atoms in total. The Morgan fingerprint density at radius 1 is 1.53 bits per heavy atom. The summed E-state index contributed by atoms with van der Waals surface area (Å²) in [6.45, 7) is 3.24. The van der Waals surface area contributed by atoms with E-state index in [0.29, 0.717) is 11.1 Å². The lowest BCUT2D eigenvalue weighted by molar-refractivity contribution is 0.262. The summed E-state index contributed by atoms with van der Waals surface area (Å²) in [6.07, 6.45) is 5.32. The molecule has 0 radical (unpaired) electrons. The predicted molar refractivity (Wildman–Crippen MR) is 75.5 cm³/mol. The molecular weight excluding hydrogens is 254 g/mol. The molecule has 0 bridgehead atoms. The van der Waals surface area contributed by atoms with E-state index in [1.807, 2.05) is 6.07 Å². The normalized spacial score (nSPS) is 20.1. The number of hydrogen-bond acceptors (Lipinski definition) is 2. The lowest BCUT2D eigenvalue weighted by Gasteiger charge is -2.35. The summed E-state index contributed by atoms with van der Waals surface area (Å²) in [6, 6.07) is 4.15. The highest BCUT2D eigenvalue weighted by Gasteiger charge is 2.20. The van der Waals surface area contributed by atoms with E-state index in [1.54, 1.807) is 12.3 Å². The summed E-state index contributed by atoms with van der Waals surface area (Å²) in [5.74, 6) is 0.747. The number of nitrogens with one attached hydrogen (secondary N) is 1.